The standard InChI is InChI=1S/C18H26N2O2/c19-16-10-4-9-15(16)18(22)20-11-5-8-14(20)12-17(21)13-6-2-1-3-7-13/h1-3,6-7,14-17,21H,4-5,8-12,19H2. The maximum absolute atomic E-state index is 12.8. The van der Waals surface area contributed by atoms with Crippen molar-refractivity contribution in [2.75, 3.05) is 6.54 Å². The number of aliphatic hydroxyl groups excluding tert-OH is 1. The predicted molar refractivity (Wildman–Crippen MR) is 86.1 cm³/mol. The number of benzene rings is 1. The van der Waals surface area contributed by atoms with Crippen LogP contribution in [0.25, 0.3) is 0 Å². The molecule has 0 bridgehead atoms. The highest BCUT2D eigenvalue weighted by atomic mass is 16.3. The molecule has 1 amide bonds. The van der Waals surface area contributed by atoms with E-state index in [1.165, 1.54) is 0 Å². The molecular weight excluding hydrogens is 276 g/mol. The van der Waals surface area contributed by atoms with E-state index in [4.69, 9.17) is 5.73 Å². The van der Waals surface area contributed by atoms with Crippen LogP contribution in [0.15, 0.2) is 30.3 Å². The molecule has 1 heterocycles. The topological polar surface area (TPSA) is 66.6 Å². The van der Waals surface area contributed by atoms with E-state index in [1.807, 2.05) is 35.2 Å². The molecule has 1 aromatic carbocycles. The number of hydrogen-bond donors (Lipinski definition) is 2. The van der Waals surface area contributed by atoms with E-state index in [0.717, 1.165) is 44.2 Å². The summed E-state index contributed by atoms with van der Waals surface area (Å²) >= 11 is 0. The van der Waals surface area contributed by atoms with Gasteiger partial charge in [-0.1, -0.05) is 36.8 Å². The molecule has 1 aliphatic carbocycles. The lowest BCUT2D eigenvalue weighted by atomic mass is 9.98. The van der Waals surface area contributed by atoms with Gasteiger partial charge >= 0.3 is 0 Å². The number of carbonyl (C=O) groups excluding carboxylic acids is 1. The van der Waals surface area contributed by atoms with E-state index in [2.05, 4.69) is 0 Å². The Labute approximate surface area is 132 Å². The molecule has 0 aromatic heterocycles. The summed E-state index contributed by atoms with van der Waals surface area (Å²) in [6.07, 6.45) is 5.07. The van der Waals surface area contributed by atoms with Crippen molar-refractivity contribution >= 4 is 5.91 Å². The number of aliphatic hydroxyl groups is 1. The zero-order chi connectivity index (χ0) is 15.5. The van der Waals surface area contributed by atoms with Crippen molar-refractivity contribution in [3.63, 3.8) is 0 Å². The van der Waals surface area contributed by atoms with Gasteiger partial charge in [-0.15, -0.1) is 0 Å². The Kier molecular flexibility index (Phi) is 4.79. The first-order valence-electron chi connectivity index (χ1n) is 8.46. The van der Waals surface area contributed by atoms with E-state index in [9.17, 15) is 9.90 Å². The fourth-order valence-corrected chi connectivity index (χ4v) is 3.95. The molecule has 120 valence electrons. The average molecular weight is 302 g/mol. The Morgan fingerprint density at radius 3 is 2.68 bits per heavy atom. The van der Waals surface area contributed by atoms with Crippen LogP contribution in [0.4, 0.5) is 0 Å². The minimum atomic E-state index is -0.503. The van der Waals surface area contributed by atoms with Crippen LogP contribution in [0, 0.1) is 5.92 Å². The first-order chi connectivity index (χ1) is 10.7. The molecule has 1 aliphatic heterocycles. The van der Waals surface area contributed by atoms with Crippen molar-refractivity contribution in [2.24, 2.45) is 11.7 Å². The molecule has 4 unspecified atom stereocenters. The molecule has 1 saturated carbocycles. The molecular formula is C18H26N2O2. The van der Waals surface area contributed by atoms with Crippen LogP contribution in [0.1, 0.15) is 50.2 Å². The largest absolute Gasteiger partial charge is 0.388 e. The molecule has 2 fully saturated rings. The van der Waals surface area contributed by atoms with Gasteiger partial charge in [-0.25, -0.2) is 0 Å². The third-order valence-electron chi connectivity index (χ3n) is 5.23. The molecule has 1 saturated heterocycles. The van der Waals surface area contributed by atoms with Gasteiger partial charge in [0.1, 0.15) is 0 Å². The molecule has 1 aromatic rings. The van der Waals surface area contributed by atoms with E-state index in [0.29, 0.717) is 6.42 Å². The molecule has 4 heteroatoms. The summed E-state index contributed by atoms with van der Waals surface area (Å²) in [4.78, 5) is 14.7. The number of rotatable bonds is 4. The van der Waals surface area contributed by atoms with Crippen LogP contribution in [0.3, 0.4) is 0 Å². The van der Waals surface area contributed by atoms with Crippen LogP contribution in [0.5, 0.6) is 0 Å². The number of likely N-dealkylation sites (tertiary alicyclic amines) is 1. The number of nitrogens with zero attached hydrogens (tertiary/aromatic N) is 1. The van der Waals surface area contributed by atoms with Crippen LogP contribution >= 0.6 is 0 Å². The number of amides is 1. The van der Waals surface area contributed by atoms with Gasteiger partial charge in [0, 0.05) is 18.6 Å². The molecule has 2 aliphatic rings. The van der Waals surface area contributed by atoms with Crippen molar-refractivity contribution in [1.82, 2.24) is 4.90 Å². The quantitative estimate of drug-likeness (QED) is 0.896. The summed E-state index contributed by atoms with van der Waals surface area (Å²) in [6.45, 7) is 0.814. The lowest BCUT2D eigenvalue weighted by Crippen LogP contribution is -2.44. The van der Waals surface area contributed by atoms with E-state index >= 15 is 0 Å². The molecule has 4 atom stereocenters. The lowest BCUT2D eigenvalue weighted by Gasteiger charge is -2.30. The van der Waals surface area contributed by atoms with Crippen LogP contribution in [-0.4, -0.2) is 34.5 Å². The molecule has 4 nitrogen and oxygen atoms in total. The van der Waals surface area contributed by atoms with Crippen molar-refractivity contribution in [1.29, 1.82) is 0 Å². The minimum Gasteiger partial charge on any atom is -0.388 e. The van der Waals surface area contributed by atoms with Gasteiger partial charge < -0.3 is 15.7 Å². The average Bonchev–Trinajstić information content (AvgIpc) is 3.16. The number of carbonyl (C=O) groups is 1. The maximum Gasteiger partial charge on any atom is 0.227 e. The first kappa shape index (κ1) is 15.5. The van der Waals surface area contributed by atoms with Gasteiger partial charge in [0.25, 0.3) is 0 Å². The molecule has 0 radical (unpaired) electrons. The summed E-state index contributed by atoms with van der Waals surface area (Å²) in [5.41, 5.74) is 7.02. The Balaban J connectivity index is 1.64. The number of nitrogens with two attached hydrogens (primary N) is 1. The third kappa shape index (κ3) is 3.18. The Morgan fingerprint density at radius 2 is 2.00 bits per heavy atom. The van der Waals surface area contributed by atoms with Crippen molar-refractivity contribution in [3.8, 4) is 0 Å². The van der Waals surface area contributed by atoms with Crippen LogP contribution < -0.4 is 5.73 Å². The second kappa shape index (κ2) is 6.80. The van der Waals surface area contributed by atoms with E-state index < -0.39 is 6.10 Å². The molecule has 3 N–H and O–H groups in total. The lowest BCUT2D eigenvalue weighted by molar-refractivity contribution is -0.137. The predicted octanol–water partition coefficient (Wildman–Crippen LogP) is 2.23. The van der Waals surface area contributed by atoms with Crippen LogP contribution in [0.2, 0.25) is 0 Å². The molecule has 3 rings (SSSR count). The fraction of sp³-hybridized carbons (Fsp3) is 0.611. The van der Waals surface area contributed by atoms with Gasteiger partial charge in [0.05, 0.1) is 12.0 Å². The van der Waals surface area contributed by atoms with Crippen molar-refractivity contribution in [3.05, 3.63) is 35.9 Å². The van der Waals surface area contributed by atoms with Gasteiger partial charge in [0.15, 0.2) is 0 Å². The monoisotopic (exact) mass is 302 g/mol. The maximum atomic E-state index is 12.8. The van der Waals surface area contributed by atoms with Crippen LogP contribution in [-0.2, 0) is 4.79 Å². The van der Waals surface area contributed by atoms with Crippen molar-refractivity contribution in [2.45, 2.75) is 56.7 Å². The van der Waals surface area contributed by atoms with E-state index in [-0.39, 0.29) is 23.9 Å². The highest BCUT2D eigenvalue weighted by Gasteiger charge is 2.38. The highest BCUT2D eigenvalue weighted by molar-refractivity contribution is 5.80. The SMILES string of the molecule is NC1CCCC1C(=O)N1CCCC1CC(O)c1ccccc1. The molecule has 0 spiro atoms. The summed E-state index contributed by atoms with van der Waals surface area (Å²) in [6, 6.07) is 9.88. The van der Waals surface area contributed by atoms with E-state index in [1.54, 1.807) is 0 Å². The summed E-state index contributed by atoms with van der Waals surface area (Å²) in [5.74, 6) is 0.210. The third-order valence-corrected chi connectivity index (χ3v) is 5.23. The molecule has 22 heavy (non-hydrogen) atoms. The summed E-state index contributed by atoms with van der Waals surface area (Å²) in [7, 11) is 0. The summed E-state index contributed by atoms with van der Waals surface area (Å²) < 4.78 is 0. The number of hydrogen-bond acceptors (Lipinski definition) is 3. The van der Waals surface area contributed by atoms with Gasteiger partial charge in [-0.05, 0) is 37.7 Å². The second-order valence-electron chi connectivity index (χ2n) is 6.69. The minimum absolute atomic E-state index is 0.00512. The highest BCUT2D eigenvalue weighted by Crippen LogP contribution is 2.32. The Morgan fingerprint density at radius 1 is 1.23 bits per heavy atom. The Bertz CT molecular complexity index is 505. The fourth-order valence-electron chi connectivity index (χ4n) is 3.95. The second-order valence-corrected chi connectivity index (χ2v) is 6.69. The normalized spacial score (nSPS) is 29.7. The zero-order valence-corrected chi connectivity index (χ0v) is 13.0. The van der Waals surface area contributed by atoms with Crippen molar-refractivity contribution < 1.29 is 9.90 Å². The van der Waals surface area contributed by atoms with Gasteiger partial charge in [-0.2, -0.15) is 0 Å². The van der Waals surface area contributed by atoms with Gasteiger partial charge in [-0.3, -0.25) is 4.79 Å². The van der Waals surface area contributed by atoms with Gasteiger partial charge in [0.2, 0.25) is 5.91 Å². The Hall–Kier alpha value is -1.39. The first-order valence-corrected chi connectivity index (χ1v) is 8.46. The summed E-state index contributed by atoms with van der Waals surface area (Å²) in [5, 5.41) is 10.4. The smallest absolute Gasteiger partial charge is 0.227 e. The zero-order valence-electron chi connectivity index (χ0n) is 13.0.